The second-order valence-corrected chi connectivity index (χ2v) is 3.80. The van der Waals surface area contributed by atoms with E-state index < -0.39 is 0 Å². The fourth-order valence-corrected chi connectivity index (χ4v) is 1.45. The van der Waals surface area contributed by atoms with Gasteiger partial charge in [-0.25, -0.2) is 0 Å². The lowest BCUT2D eigenvalue weighted by molar-refractivity contribution is 0.102. The molecular weight excluding hydrogens is 218 g/mol. The summed E-state index contributed by atoms with van der Waals surface area (Å²) in [6.45, 7) is 1.87. The topological polar surface area (TPSA) is 67.2 Å². The number of phenols is 1. The highest BCUT2D eigenvalue weighted by atomic mass is 16.3. The molecule has 1 amide bonds. The molecule has 2 rings (SSSR count). The Morgan fingerprint density at radius 3 is 2.76 bits per heavy atom. The first kappa shape index (κ1) is 11.2. The first-order valence-corrected chi connectivity index (χ1v) is 5.17. The lowest BCUT2D eigenvalue weighted by Gasteiger charge is -2.02. The van der Waals surface area contributed by atoms with Gasteiger partial charge in [-0.2, -0.15) is 5.10 Å². The molecule has 1 heterocycles. The fraction of sp³-hybridized carbons (Fsp3) is 0.167. The highest BCUT2D eigenvalue weighted by Crippen LogP contribution is 2.16. The Hall–Kier alpha value is -2.30. The van der Waals surface area contributed by atoms with E-state index in [0.717, 1.165) is 5.69 Å². The molecule has 2 aromatic rings. The largest absolute Gasteiger partial charge is 0.508 e. The zero-order valence-corrected chi connectivity index (χ0v) is 9.64. The van der Waals surface area contributed by atoms with E-state index in [-0.39, 0.29) is 11.7 Å². The molecule has 0 spiro atoms. The highest BCUT2D eigenvalue weighted by molar-refractivity contribution is 6.03. The summed E-state index contributed by atoms with van der Waals surface area (Å²) in [5.74, 6) is -0.181. The molecule has 0 radical (unpaired) electrons. The predicted molar refractivity (Wildman–Crippen MR) is 64.0 cm³/mol. The van der Waals surface area contributed by atoms with Gasteiger partial charge >= 0.3 is 0 Å². The smallest absolute Gasteiger partial charge is 0.276 e. The molecule has 5 heteroatoms. The van der Waals surface area contributed by atoms with Crippen LogP contribution in [-0.2, 0) is 7.05 Å². The Morgan fingerprint density at radius 2 is 2.18 bits per heavy atom. The van der Waals surface area contributed by atoms with Crippen molar-refractivity contribution in [2.45, 2.75) is 6.92 Å². The molecule has 17 heavy (non-hydrogen) atoms. The number of nitrogens with one attached hydrogen (secondary N) is 1. The van der Waals surface area contributed by atoms with Gasteiger partial charge in [-0.15, -0.1) is 0 Å². The molecule has 0 bridgehead atoms. The number of aryl methyl sites for hydroxylation is 2. The number of carbonyl (C=O) groups is 1. The van der Waals surface area contributed by atoms with E-state index in [1.165, 1.54) is 6.07 Å². The number of hydrogen-bond donors (Lipinski definition) is 2. The molecule has 88 valence electrons. The standard InChI is InChI=1S/C12H13N3O2/c1-8-6-11(14-15(8)2)12(17)13-9-4-3-5-10(16)7-9/h3-7,16H,1-2H3,(H,13,17). The van der Waals surface area contributed by atoms with E-state index in [4.69, 9.17) is 0 Å². The van der Waals surface area contributed by atoms with E-state index in [9.17, 15) is 9.90 Å². The summed E-state index contributed by atoms with van der Waals surface area (Å²) in [6.07, 6.45) is 0. The zero-order valence-electron chi connectivity index (χ0n) is 9.64. The van der Waals surface area contributed by atoms with Crippen LogP contribution in [0.3, 0.4) is 0 Å². The maximum atomic E-state index is 11.8. The highest BCUT2D eigenvalue weighted by Gasteiger charge is 2.11. The van der Waals surface area contributed by atoms with Gasteiger partial charge in [0.05, 0.1) is 0 Å². The van der Waals surface area contributed by atoms with Crippen LogP contribution in [0.2, 0.25) is 0 Å². The zero-order chi connectivity index (χ0) is 12.4. The van der Waals surface area contributed by atoms with Crippen LogP contribution in [0, 0.1) is 6.92 Å². The van der Waals surface area contributed by atoms with Crippen LogP contribution >= 0.6 is 0 Å². The Bertz CT molecular complexity index is 541. The van der Waals surface area contributed by atoms with Gasteiger partial charge in [-0.05, 0) is 25.1 Å². The van der Waals surface area contributed by atoms with Crippen molar-refractivity contribution in [2.24, 2.45) is 7.05 Å². The number of rotatable bonds is 2. The molecule has 1 aromatic heterocycles. The number of nitrogens with zero attached hydrogens (tertiary/aromatic N) is 2. The summed E-state index contributed by atoms with van der Waals surface area (Å²) in [5, 5.41) is 16.0. The van der Waals surface area contributed by atoms with E-state index >= 15 is 0 Å². The number of aromatic hydroxyl groups is 1. The molecule has 2 N–H and O–H groups in total. The Kier molecular flexibility index (Phi) is 2.82. The van der Waals surface area contributed by atoms with Crippen LogP contribution in [-0.4, -0.2) is 20.8 Å². The Morgan fingerprint density at radius 1 is 1.41 bits per heavy atom. The summed E-state index contributed by atoms with van der Waals surface area (Å²) >= 11 is 0. The molecular formula is C12H13N3O2. The van der Waals surface area contributed by atoms with Crippen molar-refractivity contribution < 1.29 is 9.90 Å². The molecule has 0 atom stereocenters. The summed E-state index contributed by atoms with van der Waals surface area (Å²) < 4.78 is 1.64. The van der Waals surface area contributed by atoms with Crippen molar-refractivity contribution in [3.63, 3.8) is 0 Å². The van der Waals surface area contributed by atoms with Crippen molar-refractivity contribution >= 4 is 11.6 Å². The molecule has 0 saturated heterocycles. The molecule has 0 aliphatic heterocycles. The molecule has 0 saturated carbocycles. The number of hydrogen-bond acceptors (Lipinski definition) is 3. The Labute approximate surface area is 98.7 Å². The van der Waals surface area contributed by atoms with Gasteiger partial charge < -0.3 is 10.4 Å². The molecule has 0 aliphatic rings. The molecule has 5 nitrogen and oxygen atoms in total. The lowest BCUT2D eigenvalue weighted by atomic mass is 10.3. The van der Waals surface area contributed by atoms with Crippen LogP contribution in [0.15, 0.2) is 30.3 Å². The second kappa shape index (κ2) is 4.29. The van der Waals surface area contributed by atoms with Gasteiger partial charge in [-0.3, -0.25) is 9.48 Å². The van der Waals surface area contributed by atoms with Gasteiger partial charge in [0, 0.05) is 24.5 Å². The third-order valence-electron chi connectivity index (χ3n) is 2.45. The van der Waals surface area contributed by atoms with Crippen molar-refractivity contribution in [3.8, 4) is 5.75 Å². The SMILES string of the molecule is Cc1cc(C(=O)Nc2cccc(O)c2)nn1C. The number of amides is 1. The predicted octanol–water partition coefficient (Wildman–Crippen LogP) is 1.69. The van der Waals surface area contributed by atoms with Gasteiger partial charge in [0.1, 0.15) is 5.75 Å². The van der Waals surface area contributed by atoms with Gasteiger partial charge in [0.15, 0.2) is 5.69 Å². The quantitative estimate of drug-likeness (QED) is 0.826. The van der Waals surface area contributed by atoms with Crippen LogP contribution in [0.25, 0.3) is 0 Å². The maximum Gasteiger partial charge on any atom is 0.276 e. The summed E-state index contributed by atoms with van der Waals surface area (Å²) in [7, 11) is 1.78. The van der Waals surface area contributed by atoms with Crippen molar-refractivity contribution in [3.05, 3.63) is 41.7 Å². The number of aromatic nitrogens is 2. The first-order valence-electron chi connectivity index (χ1n) is 5.17. The Balaban J connectivity index is 2.17. The van der Waals surface area contributed by atoms with Crippen molar-refractivity contribution in [1.29, 1.82) is 0 Å². The molecule has 0 aliphatic carbocycles. The number of phenolic OH excluding ortho intramolecular Hbond substituents is 1. The van der Waals surface area contributed by atoms with Crippen molar-refractivity contribution in [1.82, 2.24) is 9.78 Å². The third kappa shape index (κ3) is 2.44. The third-order valence-corrected chi connectivity index (χ3v) is 2.45. The minimum atomic E-state index is -0.292. The monoisotopic (exact) mass is 231 g/mol. The second-order valence-electron chi connectivity index (χ2n) is 3.80. The van der Waals surface area contributed by atoms with E-state index in [1.54, 1.807) is 36.0 Å². The normalized spacial score (nSPS) is 10.2. The summed E-state index contributed by atoms with van der Waals surface area (Å²) in [5.41, 5.74) is 1.80. The average Bonchev–Trinajstić information content (AvgIpc) is 2.59. The molecule has 1 aromatic carbocycles. The fourth-order valence-electron chi connectivity index (χ4n) is 1.45. The van der Waals surface area contributed by atoms with Crippen molar-refractivity contribution in [2.75, 3.05) is 5.32 Å². The lowest BCUT2D eigenvalue weighted by Crippen LogP contribution is -2.12. The number of benzene rings is 1. The van der Waals surface area contributed by atoms with E-state index in [0.29, 0.717) is 11.4 Å². The minimum Gasteiger partial charge on any atom is -0.508 e. The van der Waals surface area contributed by atoms with E-state index in [2.05, 4.69) is 10.4 Å². The summed E-state index contributed by atoms with van der Waals surface area (Å²) in [6, 6.07) is 8.09. The van der Waals surface area contributed by atoms with Crippen LogP contribution < -0.4 is 5.32 Å². The average molecular weight is 231 g/mol. The van der Waals surface area contributed by atoms with Crippen LogP contribution in [0.5, 0.6) is 5.75 Å². The molecule has 0 unspecified atom stereocenters. The summed E-state index contributed by atoms with van der Waals surface area (Å²) in [4.78, 5) is 11.8. The van der Waals surface area contributed by atoms with Gasteiger partial charge in [0.2, 0.25) is 0 Å². The van der Waals surface area contributed by atoms with Gasteiger partial charge in [-0.1, -0.05) is 6.07 Å². The maximum absolute atomic E-state index is 11.8. The van der Waals surface area contributed by atoms with E-state index in [1.807, 2.05) is 6.92 Å². The minimum absolute atomic E-state index is 0.111. The number of anilines is 1. The molecule has 0 fully saturated rings. The first-order chi connectivity index (χ1) is 8.06. The van der Waals surface area contributed by atoms with Crippen LogP contribution in [0.4, 0.5) is 5.69 Å². The number of carbonyl (C=O) groups excluding carboxylic acids is 1. The van der Waals surface area contributed by atoms with Gasteiger partial charge in [0.25, 0.3) is 5.91 Å². The van der Waals surface area contributed by atoms with Crippen LogP contribution in [0.1, 0.15) is 16.2 Å².